The first-order valence-corrected chi connectivity index (χ1v) is 6.82. The number of rotatable bonds is 5. The molecule has 5 heteroatoms. The Hall–Kier alpha value is -1.46. The molecule has 0 bridgehead atoms. The van der Waals surface area contributed by atoms with Gasteiger partial charge in [0.1, 0.15) is 0 Å². The fourth-order valence-corrected chi connectivity index (χ4v) is 2.23. The number of hydrogen-bond donors (Lipinski definition) is 1. The van der Waals surface area contributed by atoms with Gasteiger partial charge in [-0.2, -0.15) is 0 Å². The Kier molecular flexibility index (Phi) is 5.30. The smallest absolute Gasteiger partial charge is 0.255 e. The summed E-state index contributed by atoms with van der Waals surface area (Å²) in [5.41, 5.74) is 6.09. The van der Waals surface area contributed by atoms with E-state index >= 15 is 0 Å². The molecule has 1 aromatic rings. The summed E-state index contributed by atoms with van der Waals surface area (Å²) in [6.45, 7) is 2.89. The van der Waals surface area contributed by atoms with E-state index < -0.39 is 0 Å². The summed E-state index contributed by atoms with van der Waals surface area (Å²) in [5.74, 6) is 0.0634. The highest BCUT2D eigenvalue weighted by Gasteiger charge is 2.23. The highest BCUT2D eigenvalue weighted by Crippen LogP contribution is 2.16. The fraction of sp³-hybridized carbons (Fsp3) is 0.571. The second-order valence-electron chi connectivity index (χ2n) is 4.75. The third-order valence-electron chi connectivity index (χ3n) is 3.34. The van der Waals surface area contributed by atoms with Crippen LogP contribution in [-0.4, -0.2) is 48.1 Å². The van der Waals surface area contributed by atoms with Crippen molar-refractivity contribution in [2.24, 2.45) is 5.73 Å². The Morgan fingerprint density at radius 2 is 2.26 bits per heavy atom. The average Bonchev–Trinajstić information content (AvgIpc) is 2.48. The standard InChI is InChI=1S/C14H21N3O2/c15-6-2-10-19-13-4-8-17(9-5-13)14(18)12-3-1-7-16-11-12/h1,3,7,11,13H,2,4-6,8-10,15H2. The number of nitrogens with two attached hydrogens (primary N) is 1. The van der Waals surface area contributed by atoms with Crippen molar-refractivity contribution in [3.8, 4) is 0 Å². The van der Waals surface area contributed by atoms with Gasteiger partial charge in [-0.3, -0.25) is 9.78 Å². The molecule has 0 aromatic carbocycles. The molecule has 2 N–H and O–H groups in total. The topological polar surface area (TPSA) is 68.5 Å². The summed E-state index contributed by atoms with van der Waals surface area (Å²) in [5, 5.41) is 0. The van der Waals surface area contributed by atoms with Crippen LogP contribution in [0.2, 0.25) is 0 Å². The summed E-state index contributed by atoms with van der Waals surface area (Å²) < 4.78 is 5.73. The zero-order chi connectivity index (χ0) is 13.5. The third-order valence-corrected chi connectivity index (χ3v) is 3.34. The van der Waals surface area contributed by atoms with Crippen molar-refractivity contribution in [3.05, 3.63) is 30.1 Å². The van der Waals surface area contributed by atoms with Gasteiger partial charge in [0.2, 0.25) is 0 Å². The molecule has 104 valence electrons. The number of carbonyl (C=O) groups is 1. The number of ether oxygens (including phenoxy) is 1. The maximum Gasteiger partial charge on any atom is 0.255 e. The summed E-state index contributed by atoms with van der Waals surface area (Å²) in [6, 6.07) is 3.59. The molecule has 2 rings (SSSR count). The van der Waals surface area contributed by atoms with Crippen LogP contribution in [0.15, 0.2) is 24.5 Å². The van der Waals surface area contributed by atoms with E-state index in [1.807, 2.05) is 4.90 Å². The van der Waals surface area contributed by atoms with Gasteiger partial charge < -0.3 is 15.4 Å². The number of likely N-dealkylation sites (tertiary alicyclic amines) is 1. The molecule has 0 radical (unpaired) electrons. The Morgan fingerprint density at radius 1 is 1.47 bits per heavy atom. The van der Waals surface area contributed by atoms with Crippen LogP contribution in [-0.2, 0) is 4.74 Å². The van der Waals surface area contributed by atoms with Gasteiger partial charge in [-0.25, -0.2) is 0 Å². The zero-order valence-corrected chi connectivity index (χ0v) is 11.1. The van der Waals surface area contributed by atoms with Crippen LogP contribution in [0.5, 0.6) is 0 Å². The summed E-state index contributed by atoms with van der Waals surface area (Å²) in [4.78, 5) is 18.1. The molecule has 0 aliphatic carbocycles. The minimum absolute atomic E-state index is 0.0634. The van der Waals surface area contributed by atoms with Gasteiger partial charge in [-0.1, -0.05) is 0 Å². The highest BCUT2D eigenvalue weighted by atomic mass is 16.5. The second-order valence-corrected chi connectivity index (χ2v) is 4.75. The number of carbonyl (C=O) groups excluding carboxylic acids is 1. The van der Waals surface area contributed by atoms with Gasteiger partial charge in [0.25, 0.3) is 5.91 Å². The monoisotopic (exact) mass is 263 g/mol. The number of nitrogens with zero attached hydrogens (tertiary/aromatic N) is 2. The molecular weight excluding hydrogens is 242 g/mol. The molecule has 1 aliphatic rings. The zero-order valence-electron chi connectivity index (χ0n) is 11.1. The van der Waals surface area contributed by atoms with Gasteiger partial charge in [-0.15, -0.1) is 0 Å². The van der Waals surface area contributed by atoms with Gasteiger partial charge in [-0.05, 0) is 37.9 Å². The van der Waals surface area contributed by atoms with E-state index in [-0.39, 0.29) is 12.0 Å². The molecule has 1 amide bonds. The van der Waals surface area contributed by atoms with Gasteiger partial charge in [0.05, 0.1) is 11.7 Å². The number of aromatic nitrogens is 1. The Labute approximate surface area is 113 Å². The maximum atomic E-state index is 12.2. The van der Waals surface area contributed by atoms with Crippen molar-refractivity contribution in [3.63, 3.8) is 0 Å². The molecule has 1 saturated heterocycles. The molecule has 0 saturated carbocycles. The average molecular weight is 263 g/mol. The lowest BCUT2D eigenvalue weighted by Crippen LogP contribution is -2.41. The Bertz CT molecular complexity index is 389. The summed E-state index contributed by atoms with van der Waals surface area (Å²) >= 11 is 0. The molecule has 0 spiro atoms. The molecule has 1 fully saturated rings. The van der Waals surface area contributed by atoms with Crippen LogP contribution in [0, 0.1) is 0 Å². The first kappa shape index (κ1) is 14.0. The van der Waals surface area contributed by atoms with Crippen molar-refractivity contribution in [2.45, 2.75) is 25.4 Å². The predicted molar refractivity (Wildman–Crippen MR) is 72.8 cm³/mol. The second kappa shape index (κ2) is 7.21. The molecule has 0 unspecified atom stereocenters. The van der Waals surface area contributed by atoms with E-state index in [0.29, 0.717) is 12.1 Å². The van der Waals surface area contributed by atoms with Gasteiger partial charge >= 0.3 is 0 Å². The first-order valence-electron chi connectivity index (χ1n) is 6.82. The van der Waals surface area contributed by atoms with Crippen molar-refractivity contribution in [1.82, 2.24) is 9.88 Å². The lowest BCUT2D eigenvalue weighted by atomic mass is 10.1. The predicted octanol–water partition coefficient (Wildman–Crippen LogP) is 1.05. The van der Waals surface area contributed by atoms with E-state index in [4.69, 9.17) is 10.5 Å². The van der Waals surface area contributed by atoms with Crippen LogP contribution >= 0.6 is 0 Å². The van der Waals surface area contributed by atoms with Crippen LogP contribution < -0.4 is 5.73 Å². The van der Waals surface area contributed by atoms with Crippen molar-refractivity contribution in [2.75, 3.05) is 26.2 Å². The lowest BCUT2D eigenvalue weighted by Gasteiger charge is -2.32. The summed E-state index contributed by atoms with van der Waals surface area (Å²) in [6.07, 6.45) is 6.26. The van der Waals surface area contributed by atoms with E-state index in [2.05, 4.69) is 4.98 Å². The molecule has 1 aliphatic heterocycles. The van der Waals surface area contributed by atoms with E-state index in [9.17, 15) is 4.79 Å². The third kappa shape index (κ3) is 4.01. The largest absolute Gasteiger partial charge is 0.378 e. The van der Waals surface area contributed by atoms with Crippen molar-refractivity contribution < 1.29 is 9.53 Å². The molecule has 1 aromatic heterocycles. The Morgan fingerprint density at radius 3 is 2.89 bits per heavy atom. The minimum atomic E-state index is 0.0634. The van der Waals surface area contributed by atoms with Crippen LogP contribution in [0.4, 0.5) is 0 Å². The minimum Gasteiger partial charge on any atom is -0.378 e. The van der Waals surface area contributed by atoms with E-state index in [1.165, 1.54) is 0 Å². The van der Waals surface area contributed by atoms with Gasteiger partial charge in [0.15, 0.2) is 0 Å². The Balaban J connectivity index is 1.78. The number of pyridine rings is 1. The van der Waals surface area contributed by atoms with Gasteiger partial charge in [0, 0.05) is 32.1 Å². The summed E-state index contributed by atoms with van der Waals surface area (Å²) in [7, 11) is 0. The molecule has 19 heavy (non-hydrogen) atoms. The van der Waals surface area contributed by atoms with Crippen LogP contribution in [0.1, 0.15) is 29.6 Å². The maximum absolute atomic E-state index is 12.2. The normalized spacial score (nSPS) is 16.6. The number of piperidine rings is 1. The SMILES string of the molecule is NCCCOC1CCN(C(=O)c2cccnc2)CC1. The van der Waals surface area contributed by atoms with E-state index in [0.717, 1.165) is 39.0 Å². The van der Waals surface area contributed by atoms with Crippen molar-refractivity contribution >= 4 is 5.91 Å². The lowest BCUT2D eigenvalue weighted by molar-refractivity contribution is 0.00844. The molecule has 0 atom stereocenters. The van der Waals surface area contributed by atoms with Crippen molar-refractivity contribution in [1.29, 1.82) is 0 Å². The fourth-order valence-electron chi connectivity index (χ4n) is 2.23. The quantitative estimate of drug-likeness (QED) is 0.806. The van der Waals surface area contributed by atoms with E-state index in [1.54, 1.807) is 24.5 Å². The first-order chi connectivity index (χ1) is 9.31. The number of hydrogen-bond acceptors (Lipinski definition) is 4. The van der Waals surface area contributed by atoms with Crippen LogP contribution in [0.25, 0.3) is 0 Å². The highest BCUT2D eigenvalue weighted by molar-refractivity contribution is 5.93. The van der Waals surface area contributed by atoms with Crippen LogP contribution in [0.3, 0.4) is 0 Å². The molecular formula is C14H21N3O2. The number of amides is 1. The molecule has 2 heterocycles. The molecule has 5 nitrogen and oxygen atoms in total.